The van der Waals surface area contributed by atoms with Crippen molar-refractivity contribution in [3.8, 4) is 0 Å². The van der Waals surface area contributed by atoms with E-state index in [2.05, 4.69) is 0 Å². The summed E-state index contributed by atoms with van der Waals surface area (Å²) in [4.78, 5) is 12.0. The van der Waals surface area contributed by atoms with Gasteiger partial charge in [-0.2, -0.15) is 0 Å². The van der Waals surface area contributed by atoms with E-state index < -0.39 is 17.7 Å². The number of ether oxygens (including phenoxy) is 1. The van der Waals surface area contributed by atoms with Crippen LogP contribution in [0, 0.1) is 5.41 Å². The number of carbonyl (C=O) groups excluding carboxylic acids is 1. The van der Waals surface area contributed by atoms with Crippen molar-refractivity contribution in [2.75, 3.05) is 7.05 Å². The Kier molecular flexibility index (Phi) is 3.68. The maximum Gasteiger partial charge on any atom is 0.416 e. The van der Waals surface area contributed by atoms with Crippen LogP contribution in [0.2, 0.25) is 0 Å². The first-order valence-corrected chi connectivity index (χ1v) is 3.73. The monoisotopic (exact) mass is 189 g/mol. The molecule has 6 nitrogen and oxygen atoms in total. The van der Waals surface area contributed by atoms with Crippen molar-refractivity contribution in [2.24, 2.45) is 0 Å². The van der Waals surface area contributed by atoms with E-state index in [4.69, 9.17) is 15.4 Å². The number of amides is 1. The summed E-state index contributed by atoms with van der Waals surface area (Å²) in [7, 11) is 1.32. The molecule has 0 atom stereocenters. The maximum absolute atomic E-state index is 11.2. The van der Waals surface area contributed by atoms with E-state index in [1.54, 1.807) is 20.8 Å². The van der Waals surface area contributed by atoms with E-state index >= 15 is 0 Å². The molecule has 0 aromatic carbocycles. The summed E-state index contributed by atoms with van der Waals surface area (Å²) in [5.74, 6) is -0.436. The standard InChI is InChI=1S/C7H15N3O3/c1-7(2,3)13-6(11)10(4)5(8)9-12/h12H,1-4H3,(H2,8,9). The maximum atomic E-state index is 11.2. The van der Waals surface area contributed by atoms with Gasteiger partial charge < -0.3 is 4.74 Å². The summed E-state index contributed by atoms with van der Waals surface area (Å²) < 4.78 is 4.92. The van der Waals surface area contributed by atoms with Gasteiger partial charge in [0.1, 0.15) is 5.60 Å². The van der Waals surface area contributed by atoms with Crippen LogP contribution in [0.4, 0.5) is 4.79 Å². The van der Waals surface area contributed by atoms with Crippen molar-refractivity contribution in [3.63, 3.8) is 0 Å². The van der Waals surface area contributed by atoms with Gasteiger partial charge in [-0.05, 0) is 20.8 Å². The van der Waals surface area contributed by atoms with Gasteiger partial charge in [0.05, 0.1) is 0 Å². The minimum absolute atomic E-state index is 0.436. The molecule has 0 aliphatic heterocycles. The van der Waals surface area contributed by atoms with Crippen LogP contribution in [0.5, 0.6) is 0 Å². The number of guanidine groups is 1. The molecule has 0 aliphatic carbocycles. The van der Waals surface area contributed by atoms with E-state index in [0.29, 0.717) is 0 Å². The van der Waals surface area contributed by atoms with E-state index in [1.807, 2.05) is 0 Å². The highest BCUT2D eigenvalue weighted by Gasteiger charge is 2.21. The average molecular weight is 189 g/mol. The Hall–Kier alpha value is -1.30. The van der Waals surface area contributed by atoms with Crippen molar-refractivity contribution >= 4 is 12.1 Å². The van der Waals surface area contributed by atoms with Crippen LogP contribution in [-0.4, -0.2) is 34.8 Å². The second-order valence-corrected chi connectivity index (χ2v) is 3.50. The van der Waals surface area contributed by atoms with Crippen LogP contribution in [0.15, 0.2) is 0 Å². The molecule has 0 rings (SSSR count). The summed E-state index contributed by atoms with van der Waals surface area (Å²) in [6, 6.07) is 0. The lowest BCUT2D eigenvalue weighted by molar-refractivity contribution is 0.0379. The minimum atomic E-state index is -0.695. The highest BCUT2D eigenvalue weighted by molar-refractivity contribution is 5.91. The summed E-state index contributed by atoms with van der Waals surface area (Å²) in [5, 5.41) is 15.4. The van der Waals surface area contributed by atoms with Crippen LogP contribution in [0.3, 0.4) is 0 Å². The van der Waals surface area contributed by atoms with Gasteiger partial charge in [-0.1, -0.05) is 0 Å². The number of rotatable bonds is 0. The summed E-state index contributed by atoms with van der Waals surface area (Å²) in [6.07, 6.45) is -0.695. The second kappa shape index (κ2) is 4.08. The zero-order valence-corrected chi connectivity index (χ0v) is 8.21. The first-order chi connectivity index (χ1) is 5.78. The van der Waals surface area contributed by atoms with Crippen molar-refractivity contribution in [1.82, 2.24) is 10.4 Å². The largest absolute Gasteiger partial charge is 0.443 e. The van der Waals surface area contributed by atoms with Crippen LogP contribution >= 0.6 is 0 Å². The number of nitrogens with one attached hydrogen (secondary N) is 2. The molecule has 0 bridgehead atoms. The topological polar surface area (TPSA) is 85.7 Å². The fraction of sp³-hybridized carbons (Fsp3) is 0.714. The number of hydrogen-bond donors (Lipinski definition) is 3. The molecule has 6 heteroatoms. The molecule has 76 valence electrons. The minimum Gasteiger partial charge on any atom is -0.443 e. The molecular weight excluding hydrogens is 174 g/mol. The third-order valence-electron chi connectivity index (χ3n) is 1.11. The molecule has 0 unspecified atom stereocenters. The summed E-state index contributed by atoms with van der Waals surface area (Å²) in [6.45, 7) is 5.15. The smallest absolute Gasteiger partial charge is 0.416 e. The highest BCUT2D eigenvalue weighted by atomic mass is 16.6. The van der Waals surface area contributed by atoms with Crippen molar-refractivity contribution in [1.29, 1.82) is 5.41 Å². The molecular formula is C7H15N3O3. The molecule has 1 amide bonds. The summed E-state index contributed by atoms with van der Waals surface area (Å²) in [5.41, 5.74) is 0.930. The van der Waals surface area contributed by atoms with Crippen LogP contribution < -0.4 is 5.48 Å². The lowest BCUT2D eigenvalue weighted by Gasteiger charge is -2.24. The van der Waals surface area contributed by atoms with Crippen molar-refractivity contribution < 1.29 is 14.7 Å². The average Bonchev–Trinajstić information content (AvgIpc) is 1.98. The molecule has 13 heavy (non-hydrogen) atoms. The molecule has 0 aromatic rings. The molecule has 0 radical (unpaired) electrons. The Morgan fingerprint density at radius 1 is 1.54 bits per heavy atom. The fourth-order valence-electron chi connectivity index (χ4n) is 0.497. The van der Waals surface area contributed by atoms with Crippen LogP contribution in [0.25, 0.3) is 0 Å². The molecule has 0 saturated heterocycles. The second-order valence-electron chi connectivity index (χ2n) is 3.50. The molecule has 0 saturated carbocycles. The lowest BCUT2D eigenvalue weighted by Crippen LogP contribution is -2.43. The molecule has 0 aromatic heterocycles. The Bertz CT molecular complexity index is 210. The Morgan fingerprint density at radius 3 is 2.31 bits per heavy atom. The normalized spacial score (nSPS) is 10.5. The number of hydrogen-bond acceptors (Lipinski definition) is 4. The third kappa shape index (κ3) is 4.32. The van der Waals surface area contributed by atoms with E-state index in [0.717, 1.165) is 4.90 Å². The predicted molar refractivity (Wildman–Crippen MR) is 46.6 cm³/mol. The Balaban J connectivity index is 4.20. The molecule has 0 heterocycles. The van der Waals surface area contributed by atoms with Crippen molar-refractivity contribution in [3.05, 3.63) is 0 Å². The van der Waals surface area contributed by atoms with E-state index in [1.165, 1.54) is 12.5 Å². The van der Waals surface area contributed by atoms with Gasteiger partial charge >= 0.3 is 6.09 Å². The molecule has 0 aliphatic rings. The highest BCUT2D eigenvalue weighted by Crippen LogP contribution is 2.08. The Morgan fingerprint density at radius 2 is 2.00 bits per heavy atom. The fourth-order valence-corrected chi connectivity index (χ4v) is 0.497. The first-order valence-electron chi connectivity index (χ1n) is 3.73. The van der Waals surface area contributed by atoms with Gasteiger partial charge in [0.15, 0.2) is 0 Å². The van der Waals surface area contributed by atoms with Gasteiger partial charge in [0.25, 0.3) is 0 Å². The van der Waals surface area contributed by atoms with Gasteiger partial charge in [0, 0.05) is 7.05 Å². The van der Waals surface area contributed by atoms with Crippen molar-refractivity contribution in [2.45, 2.75) is 26.4 Å². The van der Waals surface area contributed by atoms with Crippen LogP contribution in [-0.2, 0) is 4.74 Å². The van der Waals surface area contributed by atoms with Gasteiger partial charge in [-0.3, -0.25) is 10.6 Å². The first kappa shape index (κ1) is 11.7. The number of nitrogens with zero attached hydrogens (tertiary/aromatic N) is 1. The summed E-state index contributed by atoms with van der Waals surface area (Å²) >= 11 is 0. The third-order valence-corrected chi connectivity index (χ3v) is 1.11. The van der Waals surface area contributed by atoms with Gasteiger partial charge in [-0.15, -0.1) is 0 Å². The predicted octanol–water partition coefficient (Wildman–Crippen LogP) is 0.767. The molecule has 3 N–H and O–H groups in total. The zero-order valence-electron chi connectivity index (χ0n) is 8.21. The molecule has 0 fully saturated rings. The van der Waals surface area contributed by atoms with Gasteiger partial charge in [0.2, 0.25) is 5.96 Å². The zero-order chi connectivity index (χ0) is 10.6. The lowest BCUT2D eigenvalue weighted by atomic mass is 10.2. The quantitative estimate of drug-likeness (QED) is 0.298. The SMILES string of the molecule is CN(C(=N)NO)C(=O)OC(C)(C)C. The van der Waals surface area contributed by atoms with E-state index in [-0.39, 0.29) is 0 Å². The number of hydroxylamine groups is 1. The molecule has 0 spiro atoms. The van der Waals surface area contributed by atoms with Crippen LogP contribution in [0.1, 0.15) is 20.8 Å². The van der Waals surface area contributed by atoms with Gasteiger partial charge in [-0.25, -0.2) is 15.2 Å². The Labute approximate surface area is 76.9 Å². The van der Waals surface area contributed by atoms with E-state index in [9.17, 15) is 4.79 Å². The number of carbonyl (C=O) groups is 1.